The lowest BCUT2D eigenvalue weighted by Gasteiger charge is -2.33. The third kappa shape index (κ3) is 6.47. The third-order valence-corrected chi connectivity index (χ3v) is 7.36. The Labute approximate surface area is 218 Å². The Bertz CT molecular complexity index is 1080. The quantitative estimate of drug-likeness (QED) is 0.476. The van der Waals surface area contributed by atoms with Crippen LogP contribution < -0.4 is 0 Å². The van der Waals surface area contributed by atoms with Gasteiger partial charge in [0, 0.05) is 61.6 Å². The van der Waals surface area contributed by atoms with E-state index in [0.717, 1.165) is 81.9 Å². The number of benzene rings is 2. The van der Waals surface area contributed by atoms with Gasteiger partial charge in [0.2, 0.25) is 0 Å². The van der Waals surface area contributed by atoms with E-state index in [9.17, 15) is 0 Å². The summed E-state index contributed by atoms with van der Waals surface area (Å²) < 4.78 is 5.62. The van der Waals surface area contributed by atoms with Gasteiger partial charge in [0.15, 0.2) is 0 Å². The van der Waals surface area contributed by atoms with Crippen molar-refractivity contribution in [3.05, 3.63) is 86.5 Å². The number of hydrazone groups is 1. The van der Waals surface area contributed by atoms with Crippen LogP contribution in [-0.2, 0) is 11.3 Å². The van der Waals surface area contributed by atoms with Crippen molar-refractivity contribution in [2.45, 2.75) is 19.4 Å². The van der Waals surface area contributed by atoms with Crippen molar-refractivity contribution in [1.82, 2.24) is 14.8 Å². The van der Waals surface area contributed by atoms with Gasteiger partial charge in [-0.1, -0.05) is 47.5 Å². The van der Waals surface area contributed by atoms with E-state index >= 15 is 0 Å². The van der Waals surface area contributed by atoms with Crippen molar-refractivity contribution in [3.8, 4) is 0 Å². The van der Waals surface area contributed by atoms with Crippen LogP contribution in [0.15, 0.2) is 70.5 Å². The molecule has 2 aromatic carbocycles. The van der Waals surface area contributed by atoms with Gasteiger partial charge >= 0.3 is 0 Å². The van der Waals surface area contributed by atoms with Crippen LogP contribution in [0.3, 0.4) is 0 Å². The highest BCUT2D eigenvalue weighted by Crippen LogP contribution is 2.35. The minimum atomic E-state index is 0.767. The molecule has 0 spiro atoms. The number of ether oxygens (including phenoxy) is 1. The van der Waals surface area contributed by atoms with Crippen molar-refractivity contribution in [1.29, 1.82) is 0 Å². The molecule has 1 aliphatic carbocycles. The minimum absolute atomic E-state index is 0.767. The second-order valence-corrected chi connectivity index (χ2v) is 10.2. The first-order valence-corrected chi connectivity index (χ1v) is 13.2. The number of morpholine rings is 1. The predicted octanol–water partition coefficient (Wildman–Crippen LogP) is 5.56. The van der Waals surface area contributed by atoms with Gasteiger partial charge in [0.05, 0.1) is 19.4 Å². The van der Waals surface area contributed by atoms with E-state index in [1.165, 1.54) is 28.0 Å². The van der Waals surface area contributed by atoms with E-state index in [-0.39, 0.29) is 0 Å². The van der Waals surface area contributed by atoms with Crippen LogP contribution in [0.2, 0.25) is 10.0 Å². The molecular weight excluding hydrogens is 479 g/mol. The molecule has 0 saturated carbocycles. The Morgan fingerprint density at radius 1 is 0.800 bits per heavy atom. The monoisotopic (exact) mass is 510 g/mol. The SMILES string of the molecule is Clc1ccc(C=C2CCC(C=NN3CCN(Cc4ccc(Cl)cc4)CC3)=C2N2CCOCC2)cc1. The van der Waals surface area contributed by atoms with Gasteiger partial charge in [0.25, 0.3) is 0 Å². The molecule has 35 heavy (non-hydrogen) atoms. The van der Waals surface area contributed by atoms with Gasteiger partial charge in [-0.15, -0.1) is 0 Å². The summed E-state index contributed by atoms with van der Waals surface area (Å²) in [5.41, 5.74) is 6.54. The van der Waals surface area contributed by atoms with E-state index in [0.29, 0.717) is 0 Å². The molecule has 2 heterocycles. The Hall–Kier alpha value is -2.31. The predicted molar refractivity (Wildman–Crippen MR) is 145 cm³/mol. The largest absolute Gasteiger partial charge is 0.378 e. The number of halogens is 2. The van der Waals surface area contributed by atoms with Crippen LogP contribution in [0.1, 0.15) is 24.0 Å². The van der Waals surface area contributed by atoms with Gasteiger partial charge in [-0.2, -0.15) is 5.10 Å². The highest BCUT2D eigenvalue weighted by Gasteiger charge is 2.26. The fraction of sp³-hybridized carbons (Fsp3) is 0.393. The molecule has 0 amide bonds. The number of allylic oxidation sites excluding steroid dienone is 2. The first kappa shape index (κ1) is 24.4. The summed E-state index contributed by atoms with van der Waals surface area (Å²) in [4.78, 5) is 4.96. The molecule has 2 fully saturated rings. The average molecular weight is 511 g/mol. The number of nitrogens with zero attached hydrogens (tertiary/aromatic N) is 4. The van der Waals surface area contributed by atoms with E-state index in [1.807, 2.05) is 24.3 Å². The van der Waals surface area contributed by atoms with Crippen LogP contribution in [0.25, 0.3) is 6.08 Å². The number of hydrogen-bond donors (Lipinski definition) is 0. The van der Waals surface area contributed by atoms with Crippen LogP contribution in [0, 0.1) is 0 Å². The molecule has 0 radical (unpaired) electrons. The van der Waals surface area contributed by atoms with Crippen LogP contribution >= 0.6 is 23.2 Å². The summed E-state index contributed by atoms with van der Waals surface area (Å²) in [6.07, 6.45) is 6.47. The molecule has 2 saturated heterocycles. The lowest BCUT2D eigenvalue weighted by atomic mass is 10.1. The van der Waals surface area contributed by atoms with Crippen LogP contribution in [0.5, 0.6) is 0 Å². The summed E-state index contributed by atoms with van der Waals surface area (Å²) in [6, 6.07) is 16.2. The Morgan fingerprint density at radius 2 is 1.46 bits per heavy atom. The second-order valence-electron chi connectivity index (χ2n) is 9.30. The maximum atomic E-state index is 6.09. The summed E-state index contributed by atoms with van der Waals surface area (Å²) in [6.45, 7) is 8.26. The number of hydrogen-bond acceptors (Lipinski definition) is 5. The van der Waals surface area contributed by atoms with E-state index in [4.69, 9.17) is 33.0 Å². The van der Waals surface area contributed by atoms with Crippen molar-refractivity contribution in [2.75, 3.05) is 52.5 Å². The molecule has 5 rings (SSSR count). The molecule has 3 aliphatic rings. The molecule has 0 unspecified atom stereocenters. The molecular formula is C28H32Cl2N4O. The maximum Gasteiger partial charge on any atom is 0.0642 e. The van der Waals surface area contributed by atoms with Crippen LogP contribution in [0.4, 0.5) is 0 Å². The molecule has 5 nitrogen and oxygen atoms in total. The zero-order valence-electron chi connectivity index (χ0n) is 20.0. The lowest BCUT2D eigenvalue weighted by molar-refractivity contribution is 0.0548. The Kier molecular flexibility index (Phi) is 8.09. The molecule has 7 heteroatoms. The van der Waals surface area contributed by atoms with E-state index in [1.54, 1.807) is 0 Å². The third-order valence-electron chi connectivity index (χ3n) is 6.86. The first-order chi connectivity index (χ1) is 17.1. The van der Waals surface area contributed by atoms with E-state index < -0.39 is 0 Å². The van der Waals surface area contributed by atoms with Gasteiger partial charge in [0.1, 0.15) is 0 Å². The zero-order chi connectivity index (χ0) is 24.0. The fourth-order valence-electron chi connectivity index (χ4n) is 4.94. The maximum absolute atomic E-state index is 6.09. The summed E-state index contributed by atoms with van der Waals surface area (Å²) in [5.74, 6) is 0. The topological polar surface area (TPSA) is 31.3 Å². The number of rotatable bonds is 6. The highest BCUT2D eigenvalue weighted by atomic mass is 35.5. The van der Waals surface area contributed by atoms with Gasteiger partial charge < -0.3 is 9.64 Å². The summed E-state index contributed by atoms with van der Waals surface area (Å²) in [5, 5.41) is 8.69. The van der Waals surface area contributed by atoms with Crippen molar-refractivity contribution >= 4 is 35.5 Å². The van der Waals surface area contributed by atoms with E-state index in [2.05, 4.69) is 51.4 Å². The average Bonchev–Trinajstić information content (AvgIpc) is 3.29. The fourth-order valence-corrected chi connectivity index (χ4v) is 5.19. The van der Waals surface area contributed by atoms with Gasteiger partial charge in [-0.25, -0.2) is 0 Å². The highest BCUT2D eigenvalue weighted by molar-refractivity contribution is 6.30. The molecule has 0 bridgehead atoms. The normalized spacial score (nSPS) is 21.0. The van der Waals surface area contributed by atoms with Crippen LogP contribution in [-0.4, -0.2) is 73.5 Å². The second kappa shape index (κ2) is 11.6. The smallest absolute Gasteiger partial charge is 0.0642 e. The zero-order valence-corrected chi connectivity index (χ0v) is 21.5. The van der Waals surface area contributed by atoms with Crippen molar-refractivity contribution in [2.24, 2.45) is 5.10 Å². The van der Waals surface area contributed by atoms with Gasteiger partial charge in [-0.05, 0) is 65.5 Å². The minimum Gasteiger partial charge on any atom is -0.378 e. The summed E-state index contributed by atoms with van der Waals surface area (Å²) >= 11 is 12.1. The molecule has 0 atom stereocenters. The van der Waals surface area contributed by atoms with Crippen molar-refractivity contribution in [3.63, 3.8) is 0 Å². The lowest BCUT2D eigenvalue weighted by Crippen LogP contribution is -2.43. The number of piperazine rings is 1. The molecule has 2 aromatic rings. The molecule has 0 N–H and O–H groups in total. The standard InChI is InChI=1S/C28H32Cl2N4O/c29-26-7-1-22(2-8-26)19-24-5-6-25(28(24)33-15-17-35-18-16-33)20-31-34-13-11-32(12-14-34)21-23-3-9-27(30)10-4-23/h1-4,7-10,19-20H,5-6,11-18,21H2. The Morgan fingerprint density at radius 3 is 2.14 bits per heavy atom. The molecule has 184 valence electrons. The van der Waals surface area contributed by atoms with Gasteiger partial charge in [-0.3, -0.25) is 9.91 Å². The Balaban J connectivity index is 1.26. The van der Waals surface area contributed by atoms with Crippen molar-refractivity contribution < 1.29 is 4.74 Å². The first-order valence-electron chi connectivity index (χ1n) is 12.4. The molecule has 0 aromatic heterocycles. The summed E-state index contributed by atoms with van der Waals surface area (Å²) in [7, 11) is 0. The molecule has 2 aliphatic heterocycles.